The fourth-order valence-electron chi connectivity index (χ4n) is 2.03. The van der Waals surface area contributed by atoms with Crippen LogP contribution in [0.1, 0.15) is 12.5 Å². The maximum absolute atomic E-state index is 13.1. The second kappa shape index (κ2) is 4.93. The van der Waals surface area contributed by atoms with Crippen LogP contribution < -0.4 is 10.6 Å². The van der Waals surface area contributed by atoms with Crippen molar-refractivity contribution in [1.82, 2.24) is 14.8 Å². The van der Waals surface area contributed by atoms with Crippen molar-refractivity contribution in [3.05, 3.63) is 36.2 Å². The van der Waals surface area contributed by atoms with E-state index in [1.165, 1.54) is 17.0 Å². The Morgan fingerprint density at radius 1 is 1.38 bits per heavy atom. The summed E-state index contributed by atoms with van der Waals surface area (Å²) in [6, 6.07) is 2.15. The van der Waals surface area contributed by atoms with E-state index in [2.05, 4.69) is 20.8 Å². The first kappa shape index (κ1) is 13.2. The Bertz CT molecular complexity index is 730. The van der Waals surface area contributed by atoms with Gasteiger partial charge in [-0.15, -0.1) is 10.2 Å². The van der Waals surface area contributed by atoms with Gasteiger partial charge in [0.2, 0.25) is 17.8 Å². The minimum atomic E-state index is -1.07. The smallest absolute Gasteiger partial charge is 0.248 e. The highest BCUT2D eigenvalue weighted by molar-refractivity contribution is 6.00. The maximum atomic E-state index is 13.1. The molecule has 1 aromatic carbocycles. The monoisotopic (exact) mass is 293 g/mol. The lowest BCUT2D eigenvalue weighted by molar-refractivity contribution is -0.125. The molecule has 21 heavy (non-hydrogen) atoms. The van der Waals surface area contributed by atoms with Gasteiger partial charge in [0.25, 0.3) is 0 Å². The summed E-state index contributed by atoms with van der Waals surface area (Å²) < 4.78 is 27.3. The standard InChI is InChI=1S/C12H9F2N5O2/c13-7-2-1-6(3-8(7)14)16-11(21)9-4-10(20)17-12-18-15-5-19(9)12/h1-3,5,9H,4H2,(H,16,21)(H,17,18,20). The van der Waals surface area contributed by atoms with E-state index in [0.717, 1.165) is 12.1 Å². The number of benzene rings is 1. The molecule has 0 radical (unpaired) electrons. The number of nitrogens with zero attached hydrogens (tertiary/aromatic N) is 3. The van der Waals surface area contributed by atoms with Crippen molar-refractivity contribution in [2.75, 3.05) is 10.6 Å². The molecule has 9 heteroatoms. The molecule has 1 aliphatic heterocycles. The number of rotatable bonds is 2. The molecule has 1 aliphatic rings. The predicted molar refractivity (Wildman–Crippen MR) is 67.3 cm³/mol. The Hall–Kier alpha value is -2.84. The Kier molecular flexibility index (Phi) is 3.09. The highest BCUT2D eigenvalue weighted by Gasteiger charge is 2.31. The van der Waals surface area contributed by atoms with Gasteiger partial charge in [0.05, 0.1) is 6.42 Å². The average Bonchev–Trinajstić information content (AvgIpc) is 2.90. The van der Waals surface area contributed by atoms with Gasteiger partial charge in [-0.1, -0.05) is 0 Å². The van der Waals surface area contributed by atoms with Crippen molar-refractivity contribution in [2.24, 2.45) is 0 Å². The molecule has 1 unspecified atom stereocenters. The summed E-state index contributed by atoms with van der Waals surface area (Å²) >= 11 is 0. The summed E-state index contributed by atoms with van der Waals surface area (Å²) in [6.07, 6.45) is 1.21. The van der Waals surface area contributed by atoms with Crippen LogP contribution in [-0.4, -0.2) is 26.6 Å². The predicted octanol–water partition coefficient (Wildman–Crippen LogP) is 1.08. The molecular formula is C12H9F2N5O2. The topological polar surface area (TPSA) is 88.9 Å². The van der Waals surface area contributed by atoms with Crippen molar-refractivity contribution in [3.8, 4) is 0 Å². The van der Waals surface area contributed by atoms with Crippen LogP contribution in [0.2, 0.25) is 0 Å². The molecule has 0 saturated carbocycles. The van der Waals surface area contributed by atoms with Crippen LogP contribution in [0.15, 0.2) is 24.5 Å². The Labute approximate surface area is 117 Å². The van der Waals surface area contributed by atoms with Crippen LogP contribution in [0, 0.1) is 11.6 Å². The van der Waals surface area contributed by atoms with Crippen LogP contribution in [0.5, 0.6) is 0 Å². The van der Waals surface area contributed by atoms with E-state index in [0.29, 0.717) is 0 Å². The molecule has 108 valence electrons. The molecule has 0 saturated heterocycles. The van der Waals surface area contributed by atoms with E-state index in [4.69, 9.17) is 0 Å². The number of halogens is 2. The SMILES string of the molecule is O=C1CC(C(=O)Nc2ccc(F)c(F)c2)n2cnnc2N1. The van der Waals surface area contributed by atoms with Gasteiger partial charge in [-0.2, -0.15) is 0 Å². The summed E-state index contributed by atoms with van der Waals surface area (Å²) in [6.45, 7) is 0. The van der Waals surface area contributed by atoms with Crippen molar-refractivity contribution in [3.63, 3.8) is 0 Å². The number of hydrogen-bond acceptors (Lipinski definition) is 4. The summed E-state index contributed by atoms with van der Waals surface area (Å²) in [4.78, 5) is 23.7. The number of anilines is 2. The third-order valence-corrected chi connectivity index (χ3v) is 3.03. The Morgan fingerprint density at radius 3 is 2.95 bits per heavy atom. The molecule has 0 bridgehead atoms. The largest absolute Gasteiger partial charge is 0.324 e. The number of carbonyl (C=O) groups excluding carboxylic acids is 2. The molecule has 2 aromatic rings. The first-order chi connectivity index (χ1) is 10.0. The van der Waals surface area contributed by atoms with E-state index in [9.17, 15) is 18.4 Å². The fourth-order valence-corrected chi connectivity index (χ4v) is 2.03. The van der Waals surface area contributed by atoms with E-state index >= 15 is 0 Å². The zero-order valence-electron chi connectivity index (χ0n) is 10.5. The molecule has 0 aliphatic carbocycles. The highest BCUT2D eigenvalue weighted by atomic mass is 19.2. The van der Waals surface area contributed by atoms with E-state index < -0.39 is 23.6 Å². The molecule has 3 rings (SSSR count). The molecule has 2 heterocycles. The minimum Gasteiger partial charge on any atom is -0.324 e. The summed E-state index contributed by atoms with van der Waals surface area (Å²) in [5, 5.41) is 12.2. The first-order valence-electron chi connectivity index (χ1n) is 6.00. The molecule has 7 nitrogen and oxygen atoms in total. The molecular weight excluding hydrogens is 284 g/mol. The van der Waals surface area contributed by atoms with Gasteiger partial charge in [0, 0.05) is 11.8 Å². The molecule has 0 spiro atoms. The second-order valence-electron chi connectivity index (χ2n) is 4.45. The zero-order chi connectivity index (χ0) is 15.0. The summed E-state index contributed by atoms with van der Waals surface area (Å²) in [7, 11) is 0. The molecule has 1 aromatic heterocycles. The first-order valence-corrected chi connectivity index (χ1v) is 6.00. The Morgan fingerprint density at radius 2 is 2.19 bits per heavy atom. The van der Waals surface area contributed by atoms with Crippen LogP contribution in [0.3, 0.4) is 0 Å². The van der Waals surface area contributed by atoms with Crippen molar-refractivity contribution in [1.29, 1.82) is 0 Å². The molecule has 1 atom stereocenters. The van der Waals surface area contributed by atoms with Crippen LogP contribution in [0.25, 0.3) is 0 Å². The lowest BCUT2D eigenvalue weighted by atomic mass is 10.1. The van der Waals surface area contributed by atoms with E-state index in [1.54, 1.807) is 0 Å². The van der Waals surface area contributed by atoms with Crippen molar-refractivity contribution >= 4 is 23.5 Å². The summed E-state index contributed by atoms with van der Waals surface area (Å²) in [5.41, 5.74) is 0.0968. The van der Waals surface area contributed by atoms with Gasteiger partial charge in [-0.3, -0.25) is 19.5 Å². The quantitative estimate of drug-likeness (QED) is 0.867. The second-order valence-corrected chi connectivity index (χ2v) is 4.45. The summed E-state index contributed by atoms with van der Waals surface area (Å²) in [5.74, 6) is -2.83. The average molecular weight is 293 g/mol. The number of amides is 2. The number of aromatic nitrogens is 3. The maximum Gasteiger partial charge on any atom is 0.248 e. The Balaban J connectivity index is 1.83. The molecule has 2 N–H and O–H groups in total. The van der Waals surface area contributed by atoms with Crippen LogP contribution in [-0.2, 0) is 9.59 Å². The number of hydrogen-bond donors (Lipinski definition) is 2. The van der Waals surface area contributed by atoms with Gasteiger partial charge < -0.3 is 5.32 Å². The molecule has 2 amide bonds. The number of nitrogens with one attached hydrogen (secondary N) is 2. The number of carbonyl (C=O) groups is 2. The normalized spacial score (nSPS) is 17.0. The van der Waals surface area contributed by atoms with Gasteiger partial charge in [0.1, 0.15) is 12.4 Å². The lowest BCUT2D eigenvalue weighted by Gasteiger charge is -2.23. The fraction of sp³-hybridized carbons (Fsp3) is 0.167. The van der Waals surface area contributed by atoms with Gasteiger partial charge in [-0.05, 0) is 12.1 Å². The minimum absolute atomic E-state index is 0.0967. The van der Waals surface area contributed by atoms with Gasteiger partial charge in [0.15, 0.2) is 11.6 Å². The zero-order valence-corrected chi connectivity index (χ0v) is 10.5. The third kappa shape index (κ3) is 2.45. The highest BCUT2D eigenvalue weighted by Crippen LogP contribution is 2.24. The van der Waals surface area contributed by atoms with Gasteiger partial charge in [-0.25, -0.2) is 8.78 Å². The van der Waals surface area contributed by atoms with Crippen LogP contribution >= 0.6 is 0 Å². The van der Waals surface area contributed by atoms with E-state index in [1.807, 2.05) is 0 Å². The number of fused-ring (bicyclic) bond motifs is 1. The van der Waals surface area contributed by atoms with Crippen LogP contribution in [0.4, 0.5) is 20.4 Å². The third-order valence-electron chi connectivity index (χ3n) is 3.03. The lowest BCUT2D eigenvalue weighted by Crippen LogP contribution is -2.35. The van der Waals surface area contributed by atoms with E-state index in [-0.39, 0.29) is 24.0 Å². The molecule has 0 fully saturated rings. The van der Waals surface area contributed by atoms with Gasteiger partial charge >= 0.3 is 0 Å². The van der Waals surface area contributed by atoms with Crippen molar-refractivity contribution < 1.29 is 18.4 Å². The van der Waals surface area contributed by atoms with Crippen molar-refractivity contribution in [2.45, 2.75) is 12.5 Å².